The van der Waals surface area contributed by atoms with E-state index in [4.69, 9.17) is 4.84 Å². The predicted octanol–water partition coefficient (Wildman–Crippen LogP) is 1.71. The molecule has 1 heterocycles. The Morgan fingerprint density at radius 2 is 1.79 bits per heavy atom. The smallest absolute Gasteiger partial charge is 0.263 e. The first-order valence-electron chi connectivity index (χ1n) is 8.71. The van der Waals surface area contributed by atoms with Crippen LogP contribution in [0.1, 0.15) is 5.56 Å². The highest BCUT2D eigenvalue weighted by molar-refractivity contribution is 7.89. The van der Waals surface area contributed by atoms with Crippen molar-refractivity contribution in [3.8, 4) is 0 Å². The Bertz CT molecular complexity index is 943. The highest BCUT2D eigenvalue weighted by Crippen LogP contribution is 2.17. The lowest BCUT2D eigenvalue weighted by Gasteiger charge is -2.33. The van der Waals surface area contributed by atoms with E-state index in [0.29, 0.717) is 5.56 Å². The molecule has 2 aromatic carbocycles. The standard InChI is InChI=1S/C19H20FN3O4S/c20-17-6-4-5-16(13-17)14-21-27-15-19(24)22-9-11-23(12-10-22)28(25,26)18-7-2-1-3-8-18/h1-8,13-14H,9-12,15H2/b21-14-. The minimum Gasteiger partial charge on any atom is -0.386 e. The number of rotatable bonds is 6. The monoisotopic (exact) mass is 405 g/mol. The SMILES string of the molecule is O=C(CO/N=C\c1cccc(F)c1)N1CCN(S(=O)(=O)c2ccccc2)CC1. The van der Waals surface area contributed by atoms with Crippen molar-refractivity contribution in [1.29, 1.82) is 0 Å². The minimum absolute atomic E-state index is 0.218. The fourth-order valence-electron chi connectivity index (χ4n) is 2.79. The molecule has 9 heteroatoms. The van der Waals surface area contributed by atoms with E-state index in [-0.39, 0.29) is 49.4 Å². The molecule has 1 amide bonds. The zero-order chi connectivity index (χ0) is 20.0. The maximum atomic E-state index is 13.1. The number of oxime groups is 1. The summed E-state index contributed by atoms with van der Waals surface area (Å²) in [4.78, 5) is 18.9. The second-order valence-corrected chi connectivity index (χ2v) is 8.10. The molecule has 0 radical (unpaired) electrons. The molecule has 0 N–H and O–H groups in total. The molecule has 0 bridgehead atoms. The van der Waals surface area contributed by atoms with Crippen LogP contribution in [0.4, 0.5) is 4.39 Å². The Labute approximate surface area is 163 Å². The summed E-state index contributed by atoms with van der Waals surface area (Å²) >= 11 is 0. The van der Waals surface area contributed by atoms with Gasteiger partial charge in [0.05, 0.1) is 11.1 Å². The van der Waals surface area contributed by atoms with Gasteiger partial charge in [-0.05, 0) is 29.8 Å². The number of carbonyl (C=O) groups is 1. The second kappa shape index (κ2) is 8.94. The number of piperazine rings is 1. The molecule has 7 nitrogen and oxygen atoms in total. The summed E-state index contributed by atoms with van der Waals surface area (Å²) in [5.74, 6) is -0.670. The normalized spacial score (nSPS) is 15.7. The molecule has 0 saturated carbocycles. The van der Waals surface area contributed by atoms with Crippen LogP contribution in [0.3, 0.4) is 0 Å². The van der Waals surface area contributed by atoms with Gasteiger partial charge in [-0.25, -0.2) is 12.8 Å². The van der Waals surface area contributed by atoms with Gasteiger partial charge in [0.1, 0.15) is 5.82 Å². The molecule has 1 aliphatic rings. The highest BCUT2D eigenvalue weighted by Gasteiger charge is 2.30. The summed E-state index contributed by atoms with van der Waals surface area (Å²) in [6, 6.07) is 14.0. The number of benzene rings is 2. The van der Waals surface area contributed by atoms with E-state index in [1.807, 2.05) is 0 Å². The average Bonchev–Trinajstić information content (AvgIpc) is 2.72. The Balaban J connectivity index is 1.47. The molecule has 2 aromatic rings. The molecule has 0 atom stereocenters. The molecule has 1 fully saturated rings. The maximum absolute atomic E-state index is 13.1. The first-order valence-corrected chi connectivity index (χ1v) is 10.1. The first-order chi connectivity index (χ1) is 13.5. The molecule has 0 aromatic heterocycles. The van der Waals surface area contributed by atoms with Crippen molar-refractivity contribution >= 4 is 22.1 Å². The summed E-state index contributed by atoms with van der Waals surface area (Å²) in [7, 11) is -3.56. The number of halogens is 1. The van der Waals surface area contributed by atoms with Gasteiger partial charge in [0.15, 0.2) is 6.61 Å². The van der Waals surface area contributed by atoms with Gasteiger partial charge in [0, 0.05) is 26.2 Å². The van der Waals surface area contributed by atoms with Crippen molar-refractivity contribution in [2.24, 2.45) is 5.16 Å². The second-order valence-electron chi connectivity index (χ2n) is 6.16. The molecule has 1 saturated heterocycles. The predicted molar refractivity (Wildman–Crippen MR) is 102 cm³/mol. The Kier molecular flexibility index (Phi) is 6.37. The summed E-state index contributed by atoms with van der Waals surface area (Å²) in [6.07, 6.45) is 1.32. The lowest BCUT2D eigenvalue weighted by atomic mass is 10.2. The summed E-state index contributed by atoms with van der Waals surface area (Å²) < 4.78 is 39.6. The van der Waals surface area contributed by atoms with Crippen molar-refractivity contribution < 1.29 is 22.4 Å². The fraction of sp³-hybridized carbons (Fsp3) is 0.263. The van der Waals surface area contributed by atoms with E-state index in [0.717, 1.165) is 0 Å². The van der Waals surface area contributed by atoms with E-state index < -0.39 is 10.0 Å². The molecule has 0 spiro atoms. The molecular formula is C19H20FN3O4S. The van der Waals surface area contributed by atoms with E-state index in [1.54, 1.807) is 42.5 Å². The molecule has 148 valence electrons. The lowest BCUT2D eigenvalue weighted by molar-refractivity contribution is -0.137. The third kappa shape index (κ3) is 4.93. The van der Waals surface area contributed by atoms with E-state index in [1.165, 1.54) is 27.6 Å². The molecule has 3 rings (SSSR count). The van der Waals surface area contributed by atoms with Gasteiger partial charge in [-0.15, -0.1) is 0 Å². The van der Waals surface area contributed by atoms with Crippen molar-refractivity contribution in [2.45, 2.75) is 4.90 Å². The van der Waals surface area contributed by atoms with Gasteiger partial charge in [-0.3, -0.25) is 4.79 Å². The number of nitrogens with zero attached hydrogens (tertiary/aromatic N) is 3. The summed E-state index contributed by atoms with van der Waals surface area (Å²) in [5, 5.41) is 3.67. The summed E-state index contributed by atoms with van der Waals surface area (Å²) in [5.41, 5.74) is 0.521. The van der Waals surface area contributed by atoms with Crippen LogP contribution in [0.25, 0.3) is 0 Å². The first kappa shape index (κ1) is 20.0. The van der Waals surface area contributed by atoms with Crippen molar-refractivity contribution in [3.63, 3.8) is 0 Å². The van der Waals surface area contributed by atoms with Crippen LogP contribution in [0.15, 0.2) is 64.6 Å². The third-order valence-electron chi connectivity index (χ3n) is 4.29. The van der Waals surface area contributed by atoms with E-state index in [2.05, 4.69) is 5.16 Å². The Morgan fingerprint density at radius 3 is 2.46 bits per heavy atom. The molecule has 28 heavy (non-hydrogen) atoms. The summed E-state index contributed by atoms with van der Waals surface area (Å²) in [6.45, 7) is 0.728. The topological polar surface area (TPSA) is 79.3 Å². The molecular weight excluding hydrogens is 385 g/mol. The van der Waals surface area contributed by atoms with Crippen LogP contribution in [0.5, 0.6) is 0 Å². The van der Waals surface area contributed by atoms with Gasteiger partial charge < -0.3 is 9.74 Å². The van der Waals surface area contributed by atoms with Crippen LogP contribution in [-0.4, -0.2) is 62.5 Å². The largest absolute Gasteiger partial charge is 0.386 e. The highest BCUT2D eigenvalue weighted by atomic mass is 32.2. The maximum Gasteiger partial charge on any atom is 0.263 e. The molecule has 1 aliphatic heterocycles. The number of amides is 1. The minimum atomic E-state index is -3.56. The van der Waals surface area contributed by atoms with Gasteiger partial charge in [-0.2, -0.15) is 4.31 Å². The molecule has 0 aliphatic carbocycles. The van der Waals surface area contributed by atoms with E-state index in [9.17, 15) is 17.6 Å². The number of carbonyl (C=O) groups excluding carboxylic acids is 1. The average molecular weight is 405 g/mol. The van der Waals surface area contributed by atoms with Crippen molar-refractivity contribution in [2.75, 3.05) is 32.8 Å². The lowest BCUT2D eigenvalue weighted by Crippen LogP contribution is -2.51. The number of sulfonamides is 1. The van der Waals surface area contributed by atoms with Crippen molar-refractivity contribution in [1.82, 2.24) is 9.21 Å². The Hall–Kier alpha value is -2.78. The van der Waals surface area contributed by atoms with Gasteiger partial charge in [0.25, 0.3) is 5.91 Å². The fourth-order valence-corrected chi connectivity index (χ4v) is 4.23. The van der Waals surface area contributed by atoms with E-state index >= 15 is 0 Å². The van der Waals surface area contributed by atoms with Gasteiger partial charge in [-0.1, -0.05) is 35.5 Å². The van der Waals surface area contributed by atoms with Crippen LogP contribution in [0.2, 0.25) is 0 Å². The van der Waals surface area contributed by atoms with Crippen LogP contribution < -0.4 is 0 Å². The van der Waals surface area contributed by atoms with Crippen LogP contribution >= 0.6 is 0 Å². The molecule has 0 unspecified atom stereocenters. The Morgan fingerprint density at radius 1 is 1.07 bits per heavy atom. The van der Waals surface area contributed by atoms with Crippen molar-refractivity contribution in [3.05, 3.63) is 66.0 Å². The number of hydrogen-bond donors (Lipinski definition) is 0. The number of hydrogen-bond acceptors (Lipinski definition) is 5. The quantitative estimate of drug-likeness (QED) is 0.541. The third-order valence-corrected chi connectivity index (χ3v) is 6.20. The zero-order valence-corrected chi connectivity index (χ0v) is 15.9. The van der Waals surface area contributed by atoms with Crippen LogP contribution in [-0.2, 0) is 19.7 Å². The van der Waals surface area contributed by atoms with Gasteiger partial charge in [0.2, 0.25) is 10.0 Å². The van der Waals surface area contributed by atoms with Gasteiger partial charge >= 0.3 is 0 Å². The zero-order valence-electron chi connectivity index (χ0n) is 15.1. The van der Waals surface area contributed by atoms with Crippen LogP contribution in [0, 0.1) is 5.82 Å².